The van der Waals surface area contributed by atoms with Crippen LogP contribution in [-0.4, -0.2) is 0 Å². The van der Waals surface area contributed by atoms with Crippen LogP contribution in [0, 0.1) is 6.92 Å². The molecule has 2 rings (SSSR count). The lowest BCUT2D eigenvalue weighted by molar-refractivity contribution is 0.818. The Hall–Kier alpha value is -1.02. The van der Waals surface area contributed by atoms with Crippen molar-refractivity contribution in [2.75, 3.05) is 0 Å². The van der Waals surface area contributed by atoms with Gasteiger partial charge in [-0.2, -0.15) is 0 Å². The zero-order valence-corrected chi connectivity index (χ0v) is 12.1. The van der Waals surface area contributed by atoms with Gasteiger partial charge in [-0.1, -0.05) is 48.0 Å². The molecule has 2 N–H and O–H groups in total. The second-order valence-electron chi connectivity index (χ2n) is 4.32. The molecule has 0 heterocycles. The van der Waals surface area contributed by atoms with Crippen LogP contribution in [0.3, 0.4) is 0 Å². The SMILES string of the molecule is Cc1c(Cl)cccc1-c1ccc(C(C)N)cc1.Cl. The molecule has 0 aliphatic rings. The maximum atomic E-state index is 6.13. The zero-order chi connectivity index (χ0) is 12.4. The van der Waals surface area contributed by atoms with Crippen LogP contribution in [0.2, 0.25) is 5.02 Å². The van der Waals surface area contributed by atoms with E-state index in [0.29, 0.717) is 0 Å². The van der Waals surface area contributed by atoms with E-state index < -0.39 is 0 Å². The van der Waals surface area contributed by atoms with Gasteiger partial charge in [0.15, 0.2) is 0 Å². The molecule has 18 heavy (non-hydrogen) atoms. The largest absolute Gasteiger partial charge is 0.324 e. The van der Waals surface area contributed by atoms with Crippen molar-refractivity contribution in [3.8, 4) is 11.1 Å². The fourth-order valence-corrected chi connectivity index (χ4v) is 2.06. The first kappa shape index (κ1) is 15.0. The maximum absolute atomic E-state index is 6.13. The van der Waals surface area contributed by atoms with Gasteiger partial charge >= 0.3 is 0 Å². The van der Waals surface area contributed by atoms with Gasteiger partial charge in [-0.3, -0.25) is 0 Å². The lowest BCUT2D eigenvalue weighted by atomic mass is 9.98. The summed E-state index contributed by atoms with van der Waals surface area (Å²) in [6, 6.07) is 14.4. The highest BCUT2D eigenvalue weighted by Gasteiger charge is 2.05. The molecule has 0 aromatic heterocycles. The van der Waals surface area contributed by atoms with Gasteiger partial charge in [0.05, 0.1) is 0 Å². The Bertz CT molecular complexity index is 519. The van der Waals surface area contributed by atoms with Crippen molar-refractivity contribution in [1.82, 2.24) is 0 Å². The van der Waals surface area contributed by atoms with Crippen LogP contribution in [0.25, 0.3) is 11.1 Å². The molecular weight excluding hydrogens is 265 g/mol. The zero-order valence-electron chi connectivity index (χ0n) is 10.5. The van der Waals surface area contributed by atoms with E-state index in [9.17, 15) is 0 Å². The molecule has 0 amide bonds. The second kappa shape index (κ2) is 6.24. The van der Waals surface area contributed by atoms with Gasteiger partial charge in [0, 0.05) is 11.1 Å². The Labute approximate surface area is 119 Å². The highest BCUT2D eigenvalue weighted by atomic mass is 35.5. The smallest absolute Gasteiger partial charge is 0.0441 e. The van der Waals surface area contributed by atoms with Crippen molar-refractivity contribution in [3.63, 3.8) is 0 Å². The summed E-state index contributed by atoms with van der Waals surface area (Å²) in [6.45, 7) is 4.02. The fraction of sp³-hybridized carbons (Fsp3) is 0.200. The third kappa shape index (κ3) is 3.05. The lowest BCUT2D eigenvalue weighted by Crippen LogP contribution is -2.04. The minimum atomic E-state index is 0. The topological polar surface area (TPSA) is 26.0 Å². The van der Waals surface area contributed by atoms with E-state index in [0.717, 1.165) is 16.1 Å². The molecule has 0 saturated carbocycles. The van der Waals surface area contributed by atoms with Crippen LogP contribution in [-0.2, 0) is 0 Å². The van der Waals surface area contributed by atoms with E-state index in [1.165, 1.54) is 11.1 Å². The molecule has 0 fully saturated rings. The molecule has 0 bridgehead atoms. The quantitative estimate of drug-likeness (QED) is 0.844. The predicted octanol–water partition coefficient (Wildman–Crippen LogP) is 4.76. The fourth-order valence-electron chi connectivity index (χ4n) is 1.89. The molecule has 3 heteroatoms. The van der Waals surface area contributed by atoms with Gasteiger partial charge in [-0.25, -0.2) is 0 Å². The van der Waals surface area contributed by atoms with Crippen molar-refractivity contribution < 1.29 is 0 Å². The molecular formula is C15H17Cl2N. The number of nitrogens with two attached hydrogens (primary N) is 1. The molecule has 2 aromatic carbocycles. The highest BCUT2D eigenvalue weighted by Crippen LogP contribution is 2.28. The maximum Gasteiger partial charge on any atom is 0.0441 e. The molecule has 0 spiro atoms. The van der Waals surface area contributed by atoms with Crippen LogP contribution < -0.4 is 5.73 Å². The third-order valence-electron chi connectivity index (χ3n) is 3.02. The Morgan fingerprint density at radius 1 is 1.06 bits per heavy atom. The summed E-state index contributed by atoms with van der Waals surface area (Å²) in [5.74, 6) is 0. The van der Waals surface area contributed by atoms with Gasteiger partial charge < -0.3 is 5.73 Å². The van der Waals surface area contributed by atoms with Crippen molar-refractivity contribution in [2.24, 2.45) is 5.73 Å². The molecule has 1 atom stereocenters. The Morgan fingerprint density at radius 2 is 1.67 bits per heavy atom. The molecule has 0 aliphatic carbocycles. The molecule has 0 radical (unpaired) electrons. The summed E-state index contributed by atoms with van der Waals surface area (Å²) in [5.41, 5.74) is 10.4. The predicted molar refractivity (Wildman–Crippen MR) is 81.5 cm³/mol. The van der Waals surface area contributed by atoms with Crippen LogP contribution >= 0.6 is 24.0 Å². The third-order valence-corrected chi connectivity index (χ3v) is 3.42. The first-order chi connectivity index (χ1) is 8.09. The minimum Gasteiger partial charge on any atom is -0.324 e. The second-order valence-corrected chi connectivity index (χ2v) is 4.73. The Balaban J connectivity index is 0.00000162. The summed E-state index contributed by atoms with van der Waals surface area (Å²) >= 11 is 6.13. The van der Waals surface area contributed by atoms with Crippen molar-refractivity contribution in [1.29, 1.82) is 0 Å². The standard InChI is InChI=1S/C15H16ClN.ClH/c1-10-14(4-3-5-15(10)16)13-8-6-12(7-9-13)11(2)17;/h3-9,11H,17H2,1-2H3;1H. The molecule has 1 unspecified atom stereocenters. The summed E-state index contributed by atoms with van der Waals surface area (Å²) in [7, 11) is 0. The molecule has 1 nitrogen and oxygen atoms in total. The van der Waals surface area contributed by atoms with E-state index in [1.807, 2.05) is 26.0 Å². The summed E-state index contributed by atoms with van der Waals surface area (Å²) < 4.78 is 0. The number of halogens is 2. The van der Waals surface area contributed by atoms with Gasteiger partial charge in [0.2, 0.25) is 0 Å². The lowest BCUT2D eigenvalue weighted by Gasteiger charge is -2.10. The van der Waals surface area contributed by atoms with Crippen LogP contribution in [0.15, 0.2) is 42.5 Å². The molecule has 96 valence electrons. The average molecular weight is 282 g/mol. The highest BCUT2D eigenvalue weighted by molar-refractivity contribution is 6.31. The van der Waals surface area contributed by atoms with E-state index in [-0.39, 0.29) is 18.4 Å². The van der Waals surface area contributed by atoms with Crippen molar-refractivity contribution in [2.45, 2.75) is 19.9 Å². The first-order valence-electron chi connectivity index (χ1n) is 5.70. The van der Waals surface area contributed by atoms with Crippen molar-refractivity contribution in [3.05, 3.63) is 58.6 Å². The van der Waals surface area contributed by atoms with E-state index in [4.69, 9.17) is 17.3 Å². The van der Waals surface area contributed by atoms with Crippen LogP contribution in [0.5, 0.6) is 0 Å². The van der Waals surface area contributed by atoms with Gasteiger partial charge in [0.25, 0.3) is 0 Å². The monoisotopic (exact) mass is 281 g/mol. The first-order valence-corrected chi connectivity index (χ1v) is 6.08. The minimum absolute atomic E-state index is 0. The summed E-state index contributed by atoms with van der Waals surface area (Å²) in [5, 5.41) is 0.804. The molecule has 0 saturated heterocycles. The summed E-state index contributed by atoms with van der Waals surface area (Å²) in [6.07, 6.45) is 0. The van der Waals surface area contributed by atoms with E-state index in [2.05, 4.69) is 30.3 Å². The molecule has 0 aliphatic heterocycles. The van der Waals surface area contributed by atoms with Gasteiger partial charge in [0.1, 0.15) is 0 Å². The van der Waals surface area contributed by atoms with E-state index in [1.54, 1.807) is 0 Å². The average Bonchev–Trinajstić information content (AvgIpc) is 2.33. The summed E-state index contributed by atoms with van der Waals surface area (Å²) in [4.78, 5) is 0. The van der Waals surface area contributed by atoms with E-state index >= 15 is 0 Å². The van der Waals surface area contributed by atoms with Crippen LogP contribution in [0.1, 0.15) is 24.1 Å². The van der Waals surface area contributed by atoms with Gasteiger partial charge in [-0.15, -0.1) is 12.4 Å². The molecule has 2 aromatic rings. The number of hydrogen-bond acceptors (Lipinski definition) is 1. The van der Waals surface area contributed by atoms with Gasteiger partial charge in [-0.05, 0) is 42.2 Å². The number of rotatable bonds is 2. The Kier molecular flexibility index (Phi) is 5.21. The van der Waals surface area contributed by atoms with Crippen molar-refractivity contribution >= 4 is 24.0 Å². The number of hydrogen-bond donors (Lipinski definition) is 1. The Morgan fingerprint density at radius 3 is 2.22 bits per heavy atom. The van der Waals surface area contributed by atoms with Crippen LogP contribution in [0.4, 0.5) is 0 Å². The normalized spacial score (nSPS) is 11.8. The number of benzene rings is 2.